The lowest BCUT2D eigenvalue weighted by Crippen LogP contribution is -2.39. The number of hydrazone groups is 1. The van der Waals surface area contributed by atoms with Gasteiger partial charge in [0.15, 0.2) is 0 Å². The van der Waals surface area contributed by atoms with E-state index in [1.165, 1.54) is 18.3 Å². The van der Waals surface area contributed by atoms with E-state index in [0.29, 0.717) is 18.0 Å². The predicted molar refractivity (Wildman–Crippen MR) is 130 cm³/mol. The minimum absolute atomic E-state index is 0.0978. The molecule has 3 rings (SSSR count). The van der Waals surface area contributed by atoms with Gasteiger partial charge in [0.25, 0.3) is 15.9 Å². The maximum atomic E-state index is 13.2. The van der Waals surface area contributed by atoms with Crippen molar-refractivity contribution in [2.75, 3.05) is 17.5 Å². The molecule has 8 heteroatoms. The van der Waals surface area contributed by atoms with E-state index in [9.17, 15) is 13.2 Å². The molecule has 0 spiro atoms. The van der Waals surface area contributed by atoms with Crippen LogP contribution in [0.1, 0.15) is 11.1 Å². The van der Waals surface area contributed by atoms with Crippen molar-refractivity contribution in [1.29, 1.82) is 0 Å². The van der Waals surface area contributed by atoms with Crippen molar-refractivity contribution in [3.8, 4) is 5.75 Å². The highest BCUT2D eigenvalue weighted by Crippen LogP contribution is 2.23. The molecule has 3 aromatic carbocycles. The van der Waals surface area contributed by atoms with Gasteiger partial charge in [-0.1, -0.05) is 48.6 Å². The molecule has 0 fully saturated rings. The van der Waals surface area contributed by atoms with Gasteiger partial charge in [-0.25, -0.2) is 13.8 Å². The quantitative estimate of drug-likeness (QED) is 0.281. The summed E-state index contributed by atoms with van der Waals surface area (Å²) in [4.78, 5) is 12.7. The highest BCUT2D eigenvalue weighted by Gasteiger charge is 2.26. The Kier molecular flexibility index (Phi) is 7.99. The highest BCUT2D eigenvalue weighted by molar-refractivity contribution is 7.92. The van der Waals surface area contributed by atoms with Crippen molar-refractivity contribution < 1.29 is 17.9 Å². The molecule has 3 aromatic rings. The molecule has 33 heavy (non-hydrogen) atoms. The first kappa shape index (κ1) is 23.7. The van der Waals surface area contributed by atoms with Gasteiger partial charge in [-0.2, -0.15) is 5.10 Å². The molecule has 170 valence electrons. The molecule has 0 aliphatic rings. The van der Waals surface area contributed by atoms with Crippen LogP contribution in [0.5, 0.6) is 5.75 Å². The third-order valence-corrected chi connectivity index (χ3v) is 6.38. The number of carbonyl (C=O) groups excluding carboxylic acids is 1. The number of nitrogens with one attached hydrogen (secondary N) is 1. The molecule has 0 aromatic heterocycles. The van der Waals surface area contributed by atoms with Crippen LogP contribution in [0.15, 0.2) is 102 Å². The zero-order valence-corrected chi connectivity index (χ0v) is 19.0. The van der Waals surface area contributed by atoms with E-state index in [0.717, 1.165) is 15.4 Å². The summed E-state index contributed by atoms with van der Waals surface area (Å²) in [6.45, 7) is 5.49. The number of amides is 1. The Morgan fingerprint density at radius 1 is 1.03 bits per heavy atom. The van der Waals surface area contributed by atoms with Crippen molar-refractivity contribution in [1.82, 2.24) is 5.43 Å². The monoisotopic (exact) mass is 463 g/mol. The lowest BCUT2D eigenvalue weighted by atomic mass is 10.2. The Hall–Kier alpha value is -3.91. The van der Waals surface area contributed by atoms with E-state index in [-0.39, 0.29) is 4.90 Å². The minimum atomic E-state index is -3.95. The van der Waals surface area contributed by atoms with Crippen molar-refractivity contribution in [3.63, 3.8) is 0 Å². The molecule has 0 atom stereocenters. The molecule has 0 heterocycles. The molecule has 0 aliphatic carbocycles. The van der Waals surface area contributed by atoms with Gasteiger partial charge in [0.2, 0.25) is 0 Å². The fourth-order valence-electron chi connectivity index (χ4n) is 2.90. The van der Waals surface area contributed by atoms with Gasteiger partial charge < -0.3 is 4.74 Å². The molecule has 0 bridgehead atoms. The largest absolute Gasteiger partial charge is 0.490 e. The molecule has 0 aliphatic heterocycles. The maximum absolute atomic E-state index is 13.2. The van der Waals surface area contributed by atoms with Crippen molar-refractivity contribution in [3.05, 3.63) is 103 Å². The van der Waals surface area contributed by atoms with Gasteiger partial charge in [-0.3, -0.25) is 9.10 Å². The lowest BCUT2D eigenvalue weighted by Gasteiger charge is -2.23. The minimum Gasteiger partial charge on any atom is -0.490 e. The van der Waals surface area contributed by atoms with Crippen molar-refractivity contribution in [2.45, 2.75) is 11.8 Å². The SMILES string of the molecule is C=CCOc1ccc(/C=N/NC(=O)CN(c2ccc(C)cc2)S(=O)(=O)c2ccccc2)cc1. The number of carbonyl (C=O) groups is 1. The molecule has 0 saturated carbocycles. The number of rotatable bonds is 10. The molecular weight excluding hydrogens is 438 g/mol. The Labute approximate surface area is 194 Å². The zero-order valence-electron chi connectivity index (χ0n) is 18.2. The summed E-state index contributed by atoms with van der Waals surface area (Å²) in [6.07, 6.45) is 3.12. The Morgan fingerprint density at radius 2 is 1.70 bits per heavy atom. The van der Waals surface area contributed by atoms with Crippen LogP contribution in [0.3, 0.4) is 0 Å². The highest BCUT2D eigenvalue weighted by atomic mass is 32.2. The Morgan fingerprint density at radius 3 is 2.33 bits per heavy atom. The summed E-state index contributed by atoms with van der Waals surface area (Å²) in [7, 11) is -3.95. The summed E-state index contributed by atoms with van der Waals surface area (Å²) in [5, 5.41) is 3.95. The average molecular weight is 464 g/mol. The molecule has 0 unspecified atom stereocenters. The summed E-state index contributed by atoms with van der Waals surface area (Å²) < 4.78 is 33.0. The molecular formula is C25H25N3O4S. The number of anilines is 1. The lowest BCUT2D eigenvalue weighted by molar-refractivity contribution is -0.119. The standard InChI is InChI=1S/C25H25N3O4S/c1-3-17-32-23-15-11-21(12-16-23)18-26-27-25(29)19-28(22-13-9-20(2)10-14-22)33(30,31)24-7-5-4-6-8-24/h3-16,18H,1,17,19H2,2H3,(H,27,29)/b26-18+. The van der Waals surface area contributed by atoms with Crippen LogP contribution in [0.25, 0.3) is 0 Å². The number of benzene rings is 3. The van der Waals surface area contributed by atoms with E-state index < -0.39 is 22.5 Å². The number of sulfonamides is 1. The van der Waals surface area contributed by atoms with E-state index >= 15 is 0 Å². The third-order valence-electron chi connectivity index (χ3n) is 4.59. The fraction of sp³-hybridized carbons (Fsp3) is 0.120. The third kappa shape index (κ3) is 6.54. The summed E-state index contributed by atoms with van der Waals surface area (Å²) in [5.41, 5.74) is 4.50. The first-order valence-electron chi connectivity index (χ1n) is 10.2. The van der Waals surface area contributed by atoms with E-state index in [4.69, 9.17) is 4.74 Å². The van der Waals surface area contributed by atoms with Gasteiger partial charge in [0, 0.05) is 0 Å². The second kappa shape index (κ2) is 11.1. The van der Waals surface area contributed by atoms with Gasteiger partial charge in [0.1, 0.15) is 18.9 Å². The fourth-order valence-corrected chi connectivity index (χ4v) is 4.34. The number of hydrogen-bond donors (Lipinski definition) is 1. The van der Waals surface area contributed by atoms with Crippen LogP contribution >= 0.6 is 0 Å². The number of aryl methyl sites for hydroxylation is 1. The van der Waals surface area contributed by atoms with Crippen molar-refractivity contribution >= 4 is 27.8 Å². The average Bonchev–Trinajstić information content (AvgIpc) is 2.83. The second-order valence-electron chi connectivity index (χ2n) is 7.12. The van der Waals surface area contributed by atoms with E-state index in [2.05, 4.69) is 17.1 Å². The van der Waals surface area contributed by atoms with Gasteiger partial charge in [0.05, 0.1) is 16.8 Å². The number of ether oxygens (including phenoxy) is 1. The molecule has 0 saturated heterocycles. The molecule has 1 N–H and O–H groups in total. The first-order valence-corrected chi connectivity index (χ1v) is 11.6. The van der Waals surface area contributed by atoms with Gasteiger partial charge in [-0.05, 0) is 61.0 Å². The molecule has 1 amide bonds. The number of nitrogens with zero attached hydrogens (tertiary/aromatic N) is 2. The topological polar surface area (TPSA) is 88.1 Å². The van der Waals surface area contributed by atoms with Crippen LogP contribution in [0.4, 0.5) is 5.69 Å². The Balaban J connectivity index is 1.73. The predicted octanol–water partition coefficient (Wildman–Crippen LogP) is 3.91. The van der Waals surface area contributed by atoms with Gasteiger partial charge in [-0.15, -0.1) is 0 Å². The van der Waals surface area contributed by atoms with Crippen LogP contribution in [-0.4, -0.2) is 33.7 Å². The first-order chi connectivity index (χ1) is 15.9. The number of hydrogen-bond acceptors (Lipinski definition) is 5. The molecule has 0 radical (unpaired) electrons. The molecule has 7 nitrogen and oxygen atoms in total. The zero-order chi connectivity index (χ0) is 23.7. The summed E-state index contributed by atoms with van der Waals surface area (Å²) in [6, 6.07) is 22.0. The normalized spacial score (nSPS) is 11.2. The summed E-state index contributed by atoms with van der Waals surface area (Å²) in [5.74, 6) is 0.119. The maximum Gasteiger partial charge on any atom is 0.264 e. The van der Waals surface area contributed by atoms with Crippen LogP contribution in [-0.2, 0) is 14.8 Å². The smallest absolute Gasteiger partial charge is 0.264 e. The van der Waals surface area contributed by atoms with Crippen molar-refractivity contribution in [2.24, 2.45) is 5.10 Å². The van der Waals surface area contributed by atoms with Crippen LogP contribution < -0.4 is 14.5 Å². The van der Waals surface area contributed by atoms with E-state index in [1.54, 1.807) is 72.8 Å². The van der Waals surface area contributed by atoms with Crippen LogP contribution in [0.2, 0.25) is 0 Å². The second-order valence-corrected chi connectivity index (χ2v) is 8.98. The summed E-state index contributed by atoms with van der Waals surface area (Å²) >= 11 is 0. The van der Waals surface area contributed by atoms with E-state index in [1.807, 2.05) is 6.92 Å². The Bertz CT molecular complexity index is 1210. The van der Waals surface area contributed by atoms with Gasteiger partial charge >= 0.3 is 0 Å². The van der Waals surface area contributed by atoms with Crippen LogP contribution in [0, 0.1) is 6.92 Å².